The van der Waals surface area contributed by atoms with E-state index in [0.717, 1.165) is 12.0 Å². The standard InChI is InChI=1S/C13H10Cl2/c14-12-7-11(8-13(15)9-12)6-10-4-2-1-3-5-10/h1-5,7-9H,6H2. The van der Waals surface area contributed by atoms with Gasteiger partial charge in [0.05, 0.1) is 0 Å². The maximum Gasteiger partial charge on any atom is 0.0423 e. The predicted octanol–water partition coefficient (Wildman–Crippen LogP) is 4.58. The summed E-state index contributed by atoms with van der Waals surface area (Å²) < 4.78 is 0. The van der Waals surface area contributed by atoms with Crippen molar-refractivity contribution in [2.24, 2.45) is 0 Å². The van der Waals surface area contributed by atoms with Gasteiger partial charge >= 0.3 is 0 Å². The molecular formula is C13H10Cl2. The second-order valence-corrected chi connectivity index (χ2v) is 4.31. The molecule has 0 unspecified atom stereocenters. The lowest BCUT2D eigenvalue weighted by Crippen LogP contribution is -1.87. The van der Waals surface area contributed by atoms with Gasteiger partial charge in [0.1, 0.15) is 0 Å². The monoisotopic (exact) mass is 236 g/mol. The van der Waals surface area contributed by atoms with Gasteiger partial charge in [0.15, 0.2) is 0 Å². The van der Waals surface area contributed by atoms with E-state index in [1.807, 2.05) is 30.3 Å². The Morgan fingerprint density at radius 1 is 0.733 bits per heavy atom. The van der Waals surface area contributed by atoms with Crippen molar-refractivity contribution in [3.63, 3.8) is 0 Å². The van der Waals surface area contributed by atoms with Crippen LogP contribution in [0.5, 0.6) is 0 Å². The Hall–Kier alpha value is -0.980. The third-order valence-corrected chi connectivity index (χ3v) is 2.61. The van der Waals surface area contributed by atoms with Crippen LogP contribution < -0.4 is 0 Å². The second kappa shape index (κ2) is 4.69. The van der Waals surface area contributed by atoms with E-state index in [4.69, 9.17) is 23.2 Å². The van der Waals surface area contributed by atoms with E-state index in [1.165, 1.54) is 5.56 Å². The number of benzene rings is 2. The third kappa shape index (κ3) is 2.98. The van der Waals surface area contributed by atoms with E-state index in [-0.39, 0.29) is 0 Å². The smallest absolute Gasteiger partial charge is 0.0423 e. The van der Waals surface area contributed by atoms with Crippen LogP contribution in [0.25, 0.3) is 0 Å². The fourth-order valence-electron chi connectivity index (χ4n) is 1.54. The molecule has 0 aliphatic rings. The molecule has 2 heteroatoms. The van der Waals surface area contributed by atoms with Crippen LogP contribution in [0.1, 0.15) is 11.1 Å². The van der Waals surface area contributed by atoms with Crippen molar-refractivity contribution in [2.45, 2.75) is 6.42 Å². The highest BCUT2D eigenvalue weighted by molar-refractivity contribution is 6.34. The molecule has 0 radical (unpaired) electrons. The quantitative estimate of drug-likeness (QED) is 0.716. The minimum absolute atomic E-state index is 0.688. The van der Waals surface area contributed by atoms with Gasteiger partial charge in [-0.25, -0.2) is 0 Å². The molecule has 2 aromatic rings. The summed E-state index contributed by atoms with van der Waals surface area (Å²) >= 11 is 11.9. The molecule has 0 bridgehead atoms. The van der Waals surface area contributed by atoms with Crippen LogP contribution in [-0.2, 0) is 6.42 Å². The van der Waals surface area contributed by atoms with Crippen LogP contribution in [0.3, 0.4) is 0 Å². The lowest BCUT2D eigenvalue weighted by molar-refractivity contribution is 1.19. The molecule has 0 heterocycles. The van der Waals surface area contributed by atoms with Gasteiger partial charge in [0.25, 0.3) is 0 Å². The molecule has 0 spiro atoms. The topological polar surface area (TPSA) is 0 Å². The lowest BCUT2D eigenvalue weighted by atomic mass is 10.1. The molecule has 0 fully saturated rings. The Bertz CT molecular complexity index is 429. The molecule has 0 saturated carbocycles. The second-order valence-electron chi connectivity index (χ2n) is 3.44. The molecule has 2 aromatic carbocycles. The minimum Gasteiger partial charge on any atom is -0.0843 e. The Morgan fingerprint density at radius 2 is 1.33 bits per heavy atom. The molecule has 2 rings (SSSR count). The normalized spacial score (nSPS) is 10.3. The minimum atomic E-state index is 0.688. The molecule has 15 heavy (non-hydrogen) atoms. The van der Waals surface area contributed by atoms with Crippen molar-refractivity contribution >= 4 is 23.2 Å². The van der Waals surface area contributed by atoms with E-state index >= 15 is 0 Å². The van der Waals surface area contributed by atoms with Gasteiger partial charge in [-0.3, -0.25) is 0 Å². The highest BCUT2D eigenvalue weighted by atomic mass is 35.5. The van der Waals surface area contributed by atoms with Crippen molar-refractivity contribution in [1.82, 2.24) is 0 Å². The molecule has 0 saturated heterocycles. The van der Waals surface area contributed by atoms with Crippen molar-refractivity contribution in [1.29, 1.82) is 0 Å². The van der Waals surface area contributed by atoms with Gasteiger partial charge in [0, 0.05) is 10.0 Å². The molecular weight excluding hydrogens is 227 g/mol. The number of rotatable bonds is 2. The molecule has 0 aliphatic heterocycles. The summed E-state index contributed by atoms with van der Waals surface area (Å²) in [6.45, 7) is 0. The van der Waals surface area contributed by atoms with Gasteiger partial charge in [-0.15, -0.1) is 0 Å². The Balaban J connectivity index is 2.25. The Labute approximate surface area is 99.5 Å². The van der Waals surface area contributed by atoms with Crippen molar-refractivity contribution in [2.75, 3.05) is 0 Å². The average molecular weight is 237 g/mol. The first-order chi connectivity index (χ1) is 7.24. The van der Waals surface area contributed by atoms with Crippen molar-refractivity contribution in [3.05, 3.63) is 69.7 Å². The zero-order chi connectivity index (χ0) is 10.7. The van der Waals surface area contributed by atoms with Crippen LogP contribution in [0.4, 0.5) is 0 Å². The van der Waals surface area contributed by atoms with Crippen LogP contribution in [0.2, 0.25) is 10.0 Å². The Morgan fingerprint density at radius 3 is 1.93 bits per heavy atom. The maximum atomic E-state index is 5.93. The average Bonchev–Trinajstić information content (AvgIpc) is 2.17. The molecule has 0 amide bonds. The number of halogens is 2. The SMILES string of the molecule is Clc1cc(Cl)cc(Cc2ccccc2)c1. The van der Waals surface area contributed by atoms with Gasteiger partial charge in [-0.2, -0.15) is 0 Å². The van der Waals surface area contributed by atoms with Gasteiger partial charge in [-0.05, 0) is 35.7 Å². The molecule has 0 aromatic heterocycles. The fourth-order valence-corrected chi connectivity index (χ4v) is 2.12. The highest BCUT2D eigenvalue weighted by Crippen LogP contribution is 2.20. The zero-order valence-corrected chi connectivity index (χ0v) is 9.59. The van der Waals surface area contributed by atoms with Crippen LogP contribution in [0.15, 0.2) is 48.5 Å². The van der Waals surface area contributed by atoms with Crippen LogP contribution >= 0.6 is 23.2 Å². The molecule has 76 valence electrons. The lowest BCUT2D eigenvalue weighted by Gasteiger charge is -2.03. The van der Waals surface area contributed by atoms with Crippen LogP contribution in [-0.4, -0.2) is 0 Å². The van der Waals surface area contributed by atoms with E-state index < -0.39 is 0 Å². The third-order valence-electron chi connectivity index (χ3n) is 2.17. The molecule has 0 atom stereocenters. The number of hydrogen-bond acceptors (Lipinski definition) is 0. The highest BCUT2D eigenvalue weighted by Gasteiger charge is 1.99. The molecule has 0 N–H and O–H groups in total. The van der Waals surface area contributed by atoms with E-state index in [1.54, 1.807) is 6.07 Å². The van der Waals surface area contributed by atoms with Gasteiger partial charge in [-0.1, -0.05) is 53.5 Å². The predicted molar refractivity (Wildman–Crippen MR) is 65.7 cm³/mol. The van der Waals surface area contributed by atoms with Gasteiger partial charge < -0.3 is 0 Å². The van der Waals surface area contributed by atoms with E-state index in [9.17, 15) is 0 Å². The first-order valence-corrected chi connectivity index (χ1v) is 5.48. The molecule has 0 aliphatic carbocycles. The summed E-state index contributed by atoms with van der Waals surface area (Å²) in [7, 11) is 0. The largest absolute Gasteiger partial charge is 0.0843 e. The first-order valence-electron chi connectivity index (χ1n) is 4.73. The summed E-state index contributed by atoms with van der Waals surface area (Å²) in [4.78, 5) is 0. The summed E-state index contributed by atoms with van der Waals surface area (Å²) in [5.41, 5.74) is 2.40. The first kappa shape index (κ1) is 10.5. The summed E-state index contributed by atoms with van der Waals surface area (Å²) in [5.74, 6) is 0. The number of hydrogen-bond donors (Lipinski definition) is 0. The van der Waals surface area contributed by atoms with Crippen LogP contribution in [0, 0.1) is 0 Å². The summed E-state index contributed by atoms with van der Waals surface area (Å²) in [6, 6.07) is 15.9. The zero-order valence-electron chi connectivity index (χ0n) is 8.08. The Kier molecular flexibility index (Phi) is 3.30. The van der Waals surface area contributed by atoms with Crippen molar-refractivity contribution < 1.29 is 0 Å². The van der Waals surface area contributed by atoms with E-state index in [2.05, 4.69) is 12.1 Å². The van der Waals surface area contributed by atoms with E-state index in [0.29, 0.717) is 10.0 Å². The van der Waals surface area contributed by atoms with Crippen molar-refractivity contribution in [3.8, 4) is 0 Å². The van der Waals surface area contributed by atoms with Gasteiger partial charge in [0.2, 0.25) is 0 Å². The summed E-state index contributed by atoms with van der Waals surface area (Å²) in [5, 5.41) is 1.38. The summed E-state index contributed by atoms with van der Waals surface area (Å²) in [6.07, 6.45) is 0.862. The molecule has 0 nitrogen and oxygen atoms in total. The maximum absolute atomic E-state index is 5.93. The fraction of sp³-hybridized carbons (Fsp3) is 0.0769.